The number of nitrogens with zero attached hydrogens (tertiary/aromatic N) is 3. The fraction of sp³-hybridized carbons (Fsp3) is 0.778. The van der Waals surface area contributed by atoms with Crippen molar-refractivity contribution in [1.29, 1.82) is 0 Å². The summed E-state index contributed by atoms with van der Waals surface area (Å²) in [6, 6.07) is 0.820. The van der Waals surface area contributed by atoms with Crippen LogP contribution in [-0.4, -0.2) is 26.1 Å². The highest BCUT2D eigenvalue weighted by Gasteiger charge is 2.07. The molecule has 1 rings (SSSR count). The molecular weight excluding hydrogens is 244 g/mol. The van der Waals surface area contributed by atoms with Crippen LogP contribution in [0.2, 0.25) is 0 Å². The minimum absolute atomic E-state index is 0.369. The van der Waals surface area contributed by atoms with Crippen molar-refractivity contribution in [3.05, 3.63) is 12.2 Å². The van der Waals surface area contributed by atoms with E-state index in [9.17, 15) is 0 Å². The molecule has 1 atom stereocenters. The van der Waals surface area contributed by atoms with Gasteiger partial charge in [-0.3, -0.25) is 0 Å². The van der Waals surface area contributed by atoms with Crippen LogP contribution in [-0.2, 0) is 6.54 Å². The fourth-order valence-corrected chi connectivity index (χ4v) is 1.38. The van der Waals surface area contributed by atoms with Gasteiger partial charge in [-0.25, -0.2) is 9.67 Å². The Balaban J connectivity index is 2.54. The maximum Gasteiger partial charge on any atom is 0.141 e. The van der Waals surface area contributed by atoms with E-state index in [0.717, 1.165) is 17.7 Å². The lowest BCUT2D eigenvalue weighted by Gasteiger charge is -2.12. The Labute approximate surface area is 93.2 Å². The number of alkyl halides is 1. The maximum absolute atomic E-state index is 4.22. The molecule has 0 aromatic carbocycles. The van der Waals surface area contributed by atoms with Crippen molar-refractivity contribution in [2.45, 2.75) is 39.4 Å². The van der Waals surface area contributed by atoms with E-state index in [1.807, 2.05) is 4.68 Å². The van der Waals surface area contributed by atoms with Crippen LogP contribution in [0.15, 0.2) is 6.33 Å². The van der Waals surface area contributed by atoms with Crippen LogP contribution in [0.5, 0.6) is 0 Å². The molecule has 0 bridgehead atoms. The van der Waals surface area contributed by atoms with Gasteiger partial charge in [-0.2, -0.15) is 5.10 Å². The average Bonchev–Trinajstić information content (AvgIpc) is 2.62. The smallest absolute Gasteiger partial charge is 0.141 e. The molecule has 0 aliphatic rings. The summed E-state index contributed by atoms with van der Waals surface area (Å²) in [5.41, 5.74) is 0. The third-order valence-corrected chi connectivity index (χ3v) is 2.95. The molecule has 1 heterocycles. The zero-order chi connectivity index (χ0) is 10.6. The number of aromatic nitrogens is 3. The molecule has 0 saturated heterocycles. The Morgan fingerprint density at radius 2 is 2.21 bits per heavy atom. The summed E-state index contributed by atoms with van der Waals surface area (Å²) < 4.78 is 1.94. The predicted octanol–water partition coefficient (Wildman–Crippen LogP) is 1.73. The van der Waals surface area contributed by atoms with Crippen LogP contribution in [0.1, 0.15) is 32.6 Å². The zero-order valence-corrected chi connectivity index (χ0v) is 10.5. The van der Waals surface area contributed by atoms with Crippen molar-refractivity contribution in [1.82, 2.24) is 20.1 Å². The van der Waals surface area contributed by atoms with Crippen LogP contribution in [0.3, 0.4) is 0 Å². The lowest BCUT2D eigenvalue weighted by atomic mass is 10.3. The van der Waals surface area contributed by atoms with Crippen LogP contribution >= 0.6 is 15.9 Å². The minimum Gasteiger partial charge on any atom is -0.306 e. The van der Waals surface area contributed by atoms with E-state index in [0.29, 0.717) is 12.1 Å². The van der Waals surface area contributed by atoms with Gasteiger partial charge in [0.2, 0.25) is 0 Å². The van der Waals surface area contributed by atoms with Gasteiger partial charge in [0, 0.05) is 17.4 Å². The summed E-state index contributed by atoms with van der Waals surface area (Å²) in [5, 5.41) is 8.48. The minimum atomic E-state index is 0.369. The summed E-state index contributed by atoms with van der Waals surface area (Å²) in [6.07, 6.45) is 1.61. The highest BCUT2D eigenvalue weighted by Crippen LogP contribution is 2.04. The molecule has 0 radical (unpaired) electrons. The van der Waals surface area contributed by atoms with E-state index in [-0.39, 0.29) is 0 Å². The predicted molar refractivity (Wildman–Crippen MR) is 60.5 cm³/mol. The third kappa shape index (κ3) is 3.06. The largest absolute Gasteiger partial charge is 0.306 e. The SMILES string of the molecule is CC(CBr)NCc1ncnn1C(C)C. The second-order valence-electron chi connectivity index (χ2n) is 3.65. The van der Waals surface area contributed by atoms with Crippen molar-refractivity contribution in [2.24, 2.45) is 0 Å². The maximum atomic E-state index is 4.22. The van der Waals surface area contributed by atoms with Crippen molar-refractivity contribution in [3.8, 4) is 0 Å². The first-order chi connectivity index (χ1) is 6.65. The van der Waals surface area contributed by atoms with Crippen LogP contribution in [0.4, 0.5) is 0 Å². The topological polar surface area (TPSA) is 42.7 Å². The van der Waals surface area contributed by atoms with Gasteiger partial charge >= 0.3 is 0 Å². The van der Waals surface area contributed by atoms with E-state index in [2.05, 4.69) is 52.1 Å². The normalized spacial score (nSPS) is 13.5. The summed E-state index contributed by atoms with van der Waals surface area (Å²) in [7, 11) is 0. The molecule has 4 nitrogen and oxygen atoms in total. The van der Waals surface area contributed by atoms with E-state index < -0.39 is 0 Å². The number of hydrogen-bond acceptors (Lipinski definition) is 3. The number of hydrogen-bond donors (Lipinski definition) is 1. The molecule has 0 fully saturated rings. The van der Waals surface area contributed by atoms with E-state index in [4.69, 9.17) is 0 Å². The third-order valence-electron chi connectivity index (χ3n) is 1.98. The molecule has 0 saturated carbocycles. The molecule has 0 aliphatic heterocycles. The molecule has 1 aromatic heterocycles. The lowest BCUT2D eigenvalue weighted by molar-refractivity contribution is 0.479. The molecule has 1 N–H and O–H groups in total. The first kappa shape index (κ1) is 11.7. The first-order valence-electron chi connectivity index (χ1n) is 4.83. The molecule has 1 aromatic rings. The molecule has 5 heteroatoms. The molecular formula is C9H17BrN4. The van der Waals surface area contributed by atoms with E-state index in [1.54, 1.807) is 6.33 Å². The van der Waals surface area contributed by atoms with Gasteiger partial charge < -0.3 is 5.32 Å². The van der Waals surface area contributed by atoms with Gasteiger partial charge in [0.15, 0.2) is 0 Å². The van der Waals surface area contributed by atoms with Gasteiger partial charge in [-0.1, -0.05) is 15.9 Å². The van der Waals surface area contributed by atoms with Crippen LogP contribution in [0, 0.1) is 0 Å². The Hall–Kier alpha value is -0.420. The van der Waals surface area contributed by atoms with Crippen molar-refractivity contribution >= 4 is 15.9 Å². The van der Waals surface area contributed by atoms with Crippen molar-refractivity contribution < 1.29 is 0 Å². The lowest BCUT2D eigenvalue weighted by Crippen LogP contribution is -2.28. The average molecular weight is 261 g/mol. The molecule has 1 unspecified atom stereocenters. The summed E-state index contributed by atoms with van der Waals surface area (Å²) in [6.45, 7) is 7.11. The van der Waals surface area contributed by atoms with Crippen molar-refractivity contribution in [3.63, 3.8) is 0 Å². The molecule has 0 aliphatic carbocycles. The highest BCUT2D eigenvalue weighted by atomic mass is 79.9. The van der Waals surface area contributed by atoms with Crippen LogP contribution in [0.25, 0.3) is 0 Å². The monoisotopic (exact) mass is 260 g/mol. The molecule has 0 amide bonds. The summed E-state index contributed by atoms with van der Waals surface area (Å²) in [5.74, 6) is 0.993. The quantitative estimate of drug-likeness (QED) is 0.821. The zero-order valence-electron chi connectivity index (χ0n) is 8.87. The highest BCUT2D eigenvalue weighted by molar-refractivity contribution is 9.09. The summed E-state index contributed by atoms with van der Waals surface area (Å²) in [4.78, 5) is 4.22. The Morgan fingerprint density at radius 1 is 1.50 bits per heavy atom. The van der Waals surface area contributed by atoms with Gasteiger partial charge in [-0.05, 0) is 20.8 Å². The second-order valence-corrected chi connectivity index (χ2v) is 4.30. The van der Waals surface area contributed by atoms with Crippen LogP contribution < -0.4 is 5.32 Å². The van der Waals surface area contributed by atoms with E-state index >= 15 is 0 Å². The Morgan fingerprint density at radius 3 is 2.79 bits per heavy atom. The Bertz CT molecular complexity index is 272. The van der Waals surface area contributed by atoms with Gasteiger partial charge in [0.25, 0.3) is 0 Å². The number of halogens is 1. The van der Waals surface area contributed by atoms with Gasteiger partial charge in [0.1, 0.15) is 12.2 Å². The van der Waals surface area contributed by atoms with Gasteiger partial charge in [-0.15, -0.1) is 0 Å². The second kappa shape index (κ2) is 5.46. The molecule has 80 valence electrons. The fourth-order valence-electron chi connectivity index (χ4n) is 1.15. The first-order valence-corrected chi connectivity index (χ1v) is 5.95. The summed E-state index contributed by atoms with van der Waals surface area (Å²) >= 11 is 3.42. The Kier molecular flexibility index (Phi) is 4.54. The van der Waals surface area contributed by atoms with E-state index in [1.165, 1.54) is 0 Å². The standard InChI is InChI=1S/C9H17BrN4/c1-7(2)14-9(12-6-13-14)5-11-8(3)4-10/h6-8,11H,4-5H2,1-3H3. The molecule has 14 heavy (non-hydrogen) atoms. The molecule has 0 spiro atoms. The number of nitrogens with one attached hydrogen (secondary N) is 1. The number of rotatable bonds is 5. The van der Waals surface area contributed by atoms with Crippen molar-refractivity contribution in [2.75, 3.05) is 5.33 Å². The van der Waals surface area contributed by atoms with Gasteiger partial charge in [0.05, 0.1) is 6.54 Å².